The molecular formula is C29H26N4O4. The monoisotopic (exact) mass is 494 g/mol. The van der Waals surface area contributed by atoms with Gasteiger partial charge in [0.2, 0.25) is 0 Å². The molecule has 1 amide bonds. The standard InChI is InChI=1S/C29H26N4O4/c1-36-26-13-19(29(35)33-16-21(34)17-33)4-6-23(26)27-14-24-28(37-27)22(8-9-31-24)18-5-7-25(20(12-18)15-30)32-10-2-3-11-32/h4-9,12-14,21,34H,2-3,10-11,16-17H2,1H3. The number of fused-ring (bicyclic) bond motifs is 1. The minimum Gasteiger partial charge on any atom is -0.496 e. The molecule has 0 spiro atoms. The van der Waals surface area contributed by atoms with E-state index in [1.54, 1.807) is 36.4 Å². The maximum atomic E-state index is 12.7. The van der Waals surface area contributed by atoms with Crippen molar-refractivity contribution in [1.82, 2.24) is 9.88 Å². The van der Waals surface area contributed by atoms with Crippen molar-refractivity contribution >= 4 is 22.7 Å². The van der Waals surface area contributed by atoms with Crippen molar-refractivity contribution in [1.29, 1.82) is 5.26 Å². The molecule has 1 N–H and O–H groups in total. The van der Waals surface area contributed by atoms with Gasteiger partial charge in [0.1, 0.15) is 23.1 Å². The average Bonchev–Trinajstić information content (AvgIpc) is 3.60. The highest BCUT2D eigenvalue weighted by Crippen LogP contribution is 2.39. The van der Waals surface area contributed by atoms with E-state index >= 15 is 0 Å². The highest BCUT2D eigenvalue weighted by Gasteiger charge is 2.30. The minimum atomic E-state index is -0.456. The Balaban J connectivity index is 1.36. The number of β-amino-alcohol motifs (C(OH)–C–C–N with tert-alkyl or cyclic N) is 1. The molecule has 2 aliphatic rings. The average molecular weight is 495 g/mol. The second-order valence-electron chi connectivity index (χ2n) is 9.50. The number of aliphatic hydroxyl groups is 1. The topological polar surface area (TPSA) is 103 Å². The molecule has 2 saturated heterocycles. The number of hydrogen-bond donors (Lipinski definition) is 1. The highest BCUT2D eigenvalue weighted by molar-refractivity contribution is 5.97. The lowest BCUT2D eigenvalue weighted by atomic mass is 10.0. The number of ether oxygens (including phenoxy) is 1. The van der Waals surface area contributed by atoms with E-state index in [1.165, 1.54) is 0 Å². The number of aliphatic hydroxyl groups excluding tert-OH is 1. The Hall–Kier alpha value is -4.35. The van der Waals surface area contributed by atoms with Crippen LogP contribution in [0.3, 0.4) is 0 Å². The Morgan fingerprint density at radius 1 is 1.11 bits per heavy atom. The zero-order chi connectivity index (χ0) is 25.5. The summed E-state index contributed by atoms with van der Waals surface area (Å²) in [4.78, 5) is 21.0. The highest BCUT2D eigenvalue weighted by atomic mass is 16.5. The van der Waals surface area contributed by atoms with Crippen molar-refractivity contribution in [2.24, 2.45) is 0 Å². The molecule has 2 aromatic heterocycles. The molecule has 0 radical (unpaired) electrons. The van der Waals surface area contributed by atoms with Gasteiger partial charge < -0.3 is 24.1 Å². The fourth-order valence-electron chi connectivity index (χ4n) is 5.16. The fraction of sp³-hybridized carbons (Fsp3) is 0.276. The summed E-state index contributed by atoms with van der Waals surface area (Å²) in [6, 6.07) is 17.3. The van der Waals surface area contributed by atoms with Crippen LogP contribution in [0.25, 0.3) is 33.6 Å². The number of rotatable bonds is 5. The zero-order valence-electron chi connectivity index (χ0n) is 20.5. The third kappa shape index (κ3) is 4.07. The van der Waals surface area contributed by atoms with Gasteiger partial charge >= 0.3 is 0 Å². The first-order chi connectivity index (χ1) is 18.1. The number of aromatic nitrogens is 1. The summed E-state index contributed by atoms with van der Waals surface area (Å²) in [6.45, 7) is 2.63. The lowest BCUT2D eigenvalue weighted by Gasteiger charge is -2.35. The molecule has 0 atom stereocenters. The van der Waals surface area contributed by atoms with E-state index in [0.717, 1.165) is 42.7 Å². The quantitative estimate of drug-likeness (QED) is 0.437. The number of nitriles is 1. The van der Waals surface area contributed by atoms with Crippen LogP contribution in [0.1, 0.15) is 28.8 Å². The predicted molar refractivity (Wildman–Crippen MR) is 140 cm³/mol. The lowest BCUT2D eigenvalue weighted by molar-refractivity contribution is 0.00588. The molecule has 6 rings (SSSR count). The molecule has 37 heavy (non-hydrogen) atoms. The number of benzene rings is 2. The summed E-state index contributed by atoms with van der Waals surface area (Å²) >= 11 is 0. The molecule has 2 fully saturated rings. The van der Waals surface area contributed by atoms with E-state index in [9.17, 15) is 15.2 Å². The number of likely N-dealkylation sites (tertiary alicyclic amines) is 1. The SMILES string of the molecule is COc1cc(C(=O)N2CC(O)C2)ccc1-c1cc2nccc(-c3ccc(N4CCCC4)c(C#N)c3)c2o1. The van der Waals surface area contributed by atoms with Crippen LogP contribution < -0.4 is 9.64 Å². The van der Waals surface area contributed by atoms with Crippen molar-refractivity contribution in [2.45, 2.75) is 18.9 Å². The third-order valence-electron chi connectivity index (χ3n) is 7.15. The van der Waals surface area contributed by atoms with Gasteiger partial charge in [-0.1, -0.05) is 6.07 Å². The largest absolute Gasteiger partial charge is 0.496 e. The number of carbonyl (C=O) groups is 1. The molecular weight excluding hydrogens is 468 g/mol. The van der Waals surface area contributed by atoms with Crippen LogP contribution in [0.15, 0.2) is 59.1 Å². The molecule has 2 aromatic carbocycles. The molecule has 0 bridgehead atoms. The van der Waals surface area contributed by atoms with E-state index in [-0.39, 0.29) is 5.91 Å². The normalized spacial score (nSPS) is 15.6. The van der Waals surface area contributed by atoms with Gasteiger partial charge in [-0.05, 0) is 54.8 Å². The smallest absolute Gasteiger partial charge is 0.254 e. The van der Waals surface area contributed by atoms with Gasteiger partial charge in [-0.25, -0.2) is 0 Å². The summed E-state index contributed by atoms with van der Waals surface area (Å²) < 4.78 is 11.9. The molecule has 0 unspecified atom stereocenters. The number of nitrogens with zero attached hydrogens (tertiary/aromatic N) is 4. The summed E-state index contributed by atoms with van der Waals surface area (Å²) in [6.07, 6.45) is 3.57. The number of furan rings is 1. The van der Waals surface area contributed by atoms with Gasteiger partial charge in [-0.15, -0.1) is 0 Å². The first kappa shape index (κ1) is 23.1. The number of pyridine rings is 1. The van der Waals surface area contributed by atoms with Crippen LogP contribution in [-0.2, 0) is 0 Å². The fourth-order valence-corrected chi connectivity index (χ4v) is 5.16. The van der Waals surface area contributed by atoms with E-state index in [4.69, 9.17) is 9.15 Å². The van der Waals surface area contributed by atoms with Crippen LogP contribution in [0.4, 0.5) is 5.69 Å². The van der Waals surface area contributed by atoms with Crippen LogP contribution in [0.5, 0.6) is 5.75 Å². The second-order valence-corrected chi connectivity index (χ2v) is 9.50. The Kier molecular flexibility index (Phi) is 5.78. The molecule has 4 aromatic rings. The van der Waals surface area contributed by atoms with Crippen LogP contribution in [-0.4, -0.2) is 60.3 Å². The van der Waals surface area contributed by atoms with Gasteiger partial charge in [-0.2, -0.15) is 5.26 Å². The number of carbonyl (C=O) groups excluding carboxylic acids is 1. The Morgan fingerprint density at radius 3 is 2.65 bits per heavy atom. The molecule has 0 aliphatic carbocycles. The number of anilines is 1. The van der Waals surface area contributed by atoms with Crippen molar-refractivity contribution < 1.29 is 19.1 Å². The molecule has 0 saturated carbocycles. The first-order valence-corrected chi connectivity index (χ1v) is 12.4. The van der Waals surface area contributed by atoms with Crippen molar-refractivity contribution in [3.8, 4) is 34.3 Å². The molecule has 2 aliphatic heterocycles. The molecule has 4 heterocycles. The Labute approximate surface area is 214 Å². The van der Waals surface area contributed by atoms with Crippen LogP contribution >= 0.6 is 0 Å². The van der Waals surface area contributed by atoms with E-state index in [2.05, 4.69) is 16.0 Å². The van der Waals surface area contributed by atoms with E-state index in [0.29, 0.717) is 52.4 Å². The first-order valence-electron chi connectivity index (χ1n) is 12.4. The summed E-state index contributed by atoms with van der Waals surface area (Å²) in [5, 5.41) is 19.4. The number of amides is 1. The van der Waals surface area contributed by atoms with Gasteiger partial charge in [-0.3, -0.25) is 9.78 Å². The maximum absolute atomic E-state index is 12.7. The summed E-state index contributed by atoms with van der Waals surface area (Å²) in [5.74, 6) is 0.933. The third-order valence-corrected chi connectivity index (χ3v) is 7.15. The van der Waals surface area contributed by atoms with E-state index < -0.39 is 6.10 Å². The minimum absolute atomic E-state index is 0.144. The number of methoxy groups -OCH3 is 1. The van der Waals surface area contributed by atoms with Crippen LogP contribution in [0, 0.1) is 11.3 Å². The lowest BCUT2D eigenvalue weighted by Crippen LogP contribution is -2.53. The summed E-state index contributed by atoms with van der Waals surface area (Å²) in [7, 11) is 1.55. The molecule has 8 nitrogen and oxygen atoms in total. The Bertz CT molecular complexity index is 1540. The van der Waals surface area contributed by atoms with Crippen molar-refractivity contribution in [3.05, 3.63) is 65.9 Å². The predicted octanol–water partition coefficient (Wildman–Crippen LogP) is 4.46. The Morgan fingerprint density at radius 2 is 1.92 bits per heavy atom. The van der Waals surface area contributed by atoms with Gasteiger partial charge in [0.25, 0.3) is 5.91 Å². The second kappa shape index (κ2) is 9.26. The van der Waals surface area contributed by atoms with Gasteiger partial charge in [0.05, 0.1) is 30.0 Å². The van der Waals surface area contributed by atoms with Crippen molar-refractivity contribution in [2.75, 3.05) is 38.2 Å². The number of hydrogen-bond acceptors (Lipinski definition) is 7. The summed E-state index contributed by atoms with van der Waals surface area (Å²) in [5.41, 5.74) is 5.85. The van der Waals surface area contributed by atoms with Gasteiger partial charge in [0, 0.05) is 49.6 Å². The van der Waals surface area contributed by atoms with Crippen molar-refractivity contribution in [3.63, 3.8) is 0 Å². The molecule has 8 heteroatoms. The van der Waals surface area contributed by atoms with Crippen LogP contribution in [0.2, 0.25) is 0 Å². The van der Waals surface area contributed by atoms with Gasteiger partial charge in [0.15, 0.2) is 5.58 Å². The zero-order valence-corrected chi connectivity index (χ0v) is 20.5. The maximum Gasteiger partial charge on any atom is 0.254 e. The van der Waals surface area contributed by atoms with E-state index in [1.807, 2.05) is 30.3 Å². The molecule has 186 valence electrons.